The normalized spacial score (nSPS) is 19.6. The predicted molar refractivity (Wildman–Crippen MR) is 131 cm³/mol. The molecule has 192 valence electrons. The van der Waals surface area contributed by atoms with E-state index in [2.05, 4.69) is 16.4 Å². The topological polar surface area (TPSA) is 82.1 Å². The van der Waals surface area contributed by atoms with Gasteiger partial charge in [-0.05, 0) is 64.9 Å². The predicted octanol–water partition coefficient (Wildman–Crippen LogP) is 5.75. The summed E-state index contributed by atoms with van der Waals surface area (Å²) >= 11 is 0. The Morgan fingerprint density at radius 3 is 2.41 bits per heavy atom. The number of ketones is 1. The van der Waals surface area contributed by atoms with Crippen LogP contribution in [0.2, 0.25) is 0 Å². The molecule has 0 spiro atoms. The van der Waals surface area contributed by atoms with Crippen molar-refractivity contribution in [2.24, 2.45) is 0 Å². The van der Waals surface area contributed by atoms with Crippen molar-refractivity contribution in [1.29, 1.82) is 0 Å². The van der Waals surface area contributed by atoms with E-state index in [9.17, 15) is 23.5 Å². The summed E-state index contributed by atoms with van der Waals surface area (Å²) in [6.07, 6.45) is -2.30. The van der Waals surface area contributed by atoms with Crippen LogP contribution in [-0.2, 0) is 26.8 Å². The number of ether oxygens (including phenoxy) is 3. The molecule has 0 atom stereocenters. The van der Waals surface area contributed by atoms with E-state index in [0.29, 0.717) is 31.6 Å². The van der Waals surface area contributed by atoms with Crippen LogP contribution in [0.1, 0.15) is 48.2 Å². The van der Waals surface area contributed by atoms with Gasteiger partial charge in [0, 0.05) is 13.3 Å². The molecule has 1 aliphatic carbocycles. The van der Waals surface area contributed by atoms with Crippen LogP contribution < -0.4 is 9.47 Å². The van der Waals surface area contributed by atoms with Crippen molar-refractivity contribution < 1.29 is 39.1 Å². The number of alkyl halides is 2. The second-order valence-electron chi connectivity index (χ2n) is 10.3. The lowest BCUT2D eigenvalue weighted by molar-refractivity contribution is -0.286. The Balaban J connectivity index is 0.00000294. The summed E-state index contributed by atoms with van der Waals surface area (Å²) in [5.41, 5.74) is 3.34. The van der Waals surface area contributed by atoms with Crippen molar-refractivity contribution in [3.05, 3.63) is 82.9 Å². The minimum atomic E-state index is -3.71. The third kappa shape index (κ3) is 4.05. The molecule has 0 bridgehead atoms. The van der Waals surface area contributed by atoms with Gasteiger partial charge in [0.05, 0.1) is 24.2 Å². The van der Waals surface area contributed by atoms with E-state index in [1.165, 1.54) is 12.1 Å². The Bertz CT molecular complexity index is 1440. The molecule has 2 aliphatic heterocycles. The zero-order valence-corrected chi connectivity index (χ0v) is 20.1. The van der Waals surface area contributed by atoms with Crippen molar-refractivity contribution >= 4 is 11.8 Å². The number of rotatable bonds is 7. The summed E-state index contributed by atoms with van der Waals surface area (Å²) in [4.78, 5) is 25.1. The van der Waals surface area contributed by atoms with Crippen LogP contribution in [0.4, 0.5) is 8.78 Å². The van der Waals surface area contributed by atoms with Crippen molar-refractivity contribution in [2.45, 2.75) is 43.3 Å². The number of hydrogen-bond acceptors (Lipinski definition) is 5. The van der Waals surface area contributed by atoms with Gasteiger partial charge in [-0.2, -0.15) is 0 Å². The first-order valence-corrected chi connectivity index (χ1v) is 12.1. The molecule has 0 radical (unpaired) electrons. The lowest BCUT2D eigenvalue weighted by Gasteiger charge is -2.40. The highest BCUT2D eigenvalue weighted by molar-refractivity contribution is 5.95. The Labute approximate surface area is 213 Å². The maximum Gasteiger partial charge on any atom is 0.586 e. The van der Waals surface area contributed by atoms with Gasteiger partial charge in [0.15, 0.2) is 11.5 Å². The first kappa shape index (κ1) is 23.6. The molecule has 3 aliphatic rings. The maximum absolute atomic E-state index is 13.5. The summed E-state index contributed by atoms with van der Waals surface area (Å²) in [5.74, 6) is -1.13. The number of aromatic carboxylic acids is 1. The molecule has 0 unspecified atom stereocenters. The largest absolute Gasteiger partial charge is 0.586 e. The number of Topliss-reactive ketones (excluding diaryl/α,β-unsaturated/α-hetero) is 1. The number of benzene rings is 3. The van der Waals surface area contributed by atoms with Crippen molar-refractivity contribution in [2.75, 3.05) is 13.2 Å². The average Bonchev–Trinajstić information content (AvgIpc) is 3.59. The molecular weight excluding hydrogens is 482 g/mol. The van der Waals surface area contributed by atoms with Gasteiger partial charge in [-0.3, -0.25) is 4.79 Å². The van der Waals surface area contributed by atoms with Crippen molar-refractivity contribution in [3.63, 3.8) is 0 Å². The zero-order valence-electron chi connectivity index (χ0n) is 20.1. The van der Waals surface area contributed by atoms with E-state index in [0.717, 1.165) is 22.3 Å². The molecule has 6 nitrogen and oxygen atoms in total. The quantitative estimate of drug-likeness (QED) is 0.438. The van der Waals surface area contributed by atoms with Crippen LogP contribution in [-0.4, -0.2) is 36.4 Å². The van der Waals surface area contributed by atoms with E-state index in [1.807, 2.05) is 24.3 Å². The van der Waals surface area contributed by atoms with Gasteiger partial charge in [-0.15, -0.1) is 8.78 Å². The van der Waals surface area contributed by atoms with E-state index < -0.39 is 17.7 Å². The number of carboxylic acids is 1. The molecule has 1 N–H and O–H groups in total. The fourth-order valence-corrected chi connectivity index (χ4v) is 5.30. The van der Waals surface area contributed by atoms with E-state index in [-0.39, 0.29) is 36.1 Å². The number of fused-ring (bicyclic) bond motifs is 1. The molecular formula is C29H26F2O6. The molecule has 37 heavy (non-hydrogen) atoms. The summed E-state index contributed by atoms with van der Waals surface area (Å²) in [6.45, 7) is 3.22. The minimum Gasteiger partial charge on any atom is -0.478 e. The second kappa shape index (κ2) is 8.11. The Morgan fingerprint density at radius 1 is 0.973 bits per heavy atom. The summed E-state index contributed by atoms with van der Waals surface area (Å²) < 4.78 is 41.5. The highest BCUT2D eigenvalue weighted by Gasteiger charge is 2.52. The lowest BCUT2D eigenvalue weighted by Crippen LogP contribution is -2.44. The van der Waals surface area contributed by atoms with Gasteiger partial charge in [0.25, 0.3) is 0 Å². The minimum absolute atomic E-state index is 0. The molecule has 0 aromatic heterocycles. The first-order chi connectivity index (χ1) is 17.6. The van der Waals surface area contributed by atoms with Gasteiger partial charge < -0.3 is 19.3 Å². The second-order valence-corrected chi connectivity index (χ2v) is 10.3. The fraction of sp³-hybridized carbons (Fsp3) is 0.310. The molecule has 8 heteroatoms. The highest BCUT2D eigenvalue weighted by atomic mass is 19.3. The fourth-order valence-electron chi connectivity index (χ4n) is 5.30. The first-order valence-electron chi connectivity index (χ1n) is 12.1. The van der Waals surface area contributed by atoms with Crippen LogP contribution in [0.15, 0.2) is 60.7 Å². The van der Waals surface area contributed by atoms with E-state index in [1.54, 1.807) is 24.3 Å². The summed E-state index contributed by atoms with van der Waals surface area (Å²) in [6, 6.07) is 17.2. The lowest BCUT2D eigenvalue weighted by atomic mass is 9.76. The zero-order chi connectivity index (χ0) is 26.0. The van der Waals surface area contributed by atoms with Gasteiger partial charge >= 0.3 is 12.3 Å². The van der Waals surface area contributed by atoms with Crippen molar-refractivity contribution in [3.8, 4) is 22.6 Å². The van der Waals surface area contributed by atoms with Crippen molar-refractivity contribution in [1.82, 2.24) is 0 Å². The third-order valence-corrected chi connectivity index (χ3v) is 7.60. The molecule has 0 amide bonds. The van der Waals surface area contributed by atoms with Crippen LogP contribution in [0, 0.1) is 0 Å². The number of carbonyl (C=O) groups excluding carboxylic acids is 1. The smallest absolute Gasteiger partial charge is 0.478 e. The van der Waals surface area contributed by atoms with Crippen LogP contribution >= 0.6 is 0 Å². The van der Waals surface area contributed by atoms with Gasteiger partial charge in [0.1, 0.15) is 5.78 Å². The van der Waals surface area contributed by atoms with Gasteiger partial charge in [0.2, 0.25) is 0 Å². The Morgan fingerprint density at radius 2 is 1.73 bits per heavy atom. The molecule has 3 aromatic carbocycles. The highest BCUT2D eigenvalue weighted by Crippen LogP contribution is 2.53. The van der Waals surface area contributed by atoms with Crippen LogP contribution in [0.3, 0.4) is 0 Å². The standard InChI is InChI=1S/C29H24F2O6.H2/c1-27(15-35-16-27)22-7-5-17(11-21(22)18-3-2-4-19(13-18)26(33)34)12-25(32)28(9-10-28)20-6-8-23-24(14-20)37-29(30,31)36-23;/h2-8,11,13-14H,9-10,12,15-16H2,1H3,(H,33,34);1H. The molecule has 2 fully saturated rings. The molecule has 6 rings (SSSR count). The summed E-state index contributed by atoms with van der Waals surface area (Å²) in [5, 5.41) is 9.49. The molecule has 1 saturated heterocycles. The van der Waals surface area contributed by atoms with Crippen LogP contribution in [0.5, 0.6) is 11.5 Å². The van der Waals surface area contributed by atoms with Crippen LogP contribution in [0.25, 0.3) is 11.1 Å². The monoisotopic (exact) mass is 508 g/mol. The number of carbonyl (C=O) groups is 2. The van der Waals surface area contributed by atoms with E-state index in [4.69, 9.17) is 4.74 Å². The SMILES string of the molecule is CC1(c2ccc(CC(=O)C3(c4ccc5c(c4)OC(F)(F)O5)CC3)cc2-c2cccc(C(=O)O)c2)COC1.[HH]. The van der Waals surface area contributed by atoms with E-state index >= 15 is 0 Å². The average molecular weight is 509 g/mol. The number of halogens is 2. The Kier molecular flexibility index (Phi) is 5.18. The van der Waals surface area contributed by atoms with Gasteiger partial charge in [-0.1, -0.05) is 43.3 Å². The Hall–Kier alpha value is -3.78. The number of carboxylic acid groups (broad SMARTS) is 1. The molecule has 3 aromatic rings. The maximum atomic E-state index is 13.5. The summed E-state index contributed by atoms with van der Waals surface area (Å²) in [7, 11) is 0. The molecule has 2 heterocycles. The third-order valence-electron chi connectivity index (χ3n) is 7.60. The number of hydrogen-bond donors (Lipinski definition) is 1. The van der Waals surface area contributed by atoms with Gasteiger partial charge in [-0.25, -0.2) is 4.79 Å². The molecule has 1 saturated carbocycles.